The number of fused-ring (bicyclic) bond motifs is 4. The van der Waals surface area contributed by atoms with Crippen LogP contribution < -0.4 is 10.1 Å². The molecule has 0 radical (unpaired) electrons. The number of ether oxygens (including phenoxy) is 1. The highest BCUT2D eigenvalue weighted by Crippen LogP contribution is 2.46. The van der Waals surface area contributed by atoms with E-state index in [4.69, 9.17) is 21.3 Å². The number of aromatic nitrogens is 4. The molecule has 1 saturated carbocycles. The zero-order chi connectivity index (χ0) is 38.4. The van der Waals surface area contributed by atoms with E-state index >= 15 is 0 Å². The van der Waals surface area contributed by atoms with Crippen LogP contribution in [0.15, 0.2) is 60.8 Å². The van der Waals surface area contributed by atoms with Gasteiger partial charge in [0, 0.05) is 67.3 Å². The molecule has 5 aromatic rings. The normalized spacial score (nSPS) is 21.4. The number of aliphatic hydroxyl groups is 1. The Balaban J connectivity index is 1.07. The van der Waals surface area contributed by atoms with Crippen molar-refractivity contribution in [1.29, 1.82) is 0 Å². The molecular formula is C41H42ClF2N7O4. The van der Waals surface area contributed by atoms with E-state index in [1.54, 1.807) is 19.4 Å². The minimum atomic E-state index is -2.89. The monoisotopic (exact) mass is 769 g/mol. The van der Waals surface area contributed by atoms with E-state index in [-0.39, 0.29) is 11.9 Å². The van der Waals surface area contributed by atoms with Crippen LogP contribution in [0, 0.1) is 12.3 Å². The van der Waals surface area contributed by atoms with Crippen molar-refractivity contribution in [3.63, 3.8) is 0 Å². The summed E-state index contributed by atoms with van der Waals surface area (Å²) in [5.74, 6) is -0.692. The number of nitrogens with zero attached hydrogens (tertiary/aromatic N) is 6. The topological polar surface area (TPSA) is 137 Å². The summed E-state index contributed by atoms with van der Waals surface area (Å²) >= 11 is 7.16. The number of carboxylic acids is 1. The number of hydrogen-bond donors (Lipinski definition) is 3. The summed E-state index contributed by atoms with van der Waals surface area (Å²) in [4.78, 5) is 34.3. The fraction of sp³-hybridized carbons (Fsp3) is 0.390. The number of halogens is 3. The van der Waals surface area contributed by atoms with Crippen LogP contribution in [0.2, 0.25) is 5.02 Å². The molecule has 55 heavy (non-hydrogen) atoms. The number of anilines is 2. The van der Waals surface area contributed by atoms with Crippen molar-refractivity contribution in [3.8, 4) is 28.3 Å². The zero-order valence-electron chi connectivity index (χ0n) is 30.6. The summed E-state index contributed by atoms with van der Waals surface area (Å²) in [6, 6.07) is 17.4. The van der Waals surface area contributed by atoms with Crippen molar-refractivity contribution in [2.45, 2.75) is 70.7 Å². The predicted molar refractivity (Wildman–Crippen MR) is 206 cm³/mol. The molecule has 0 amide bonds. The maximum Gasteiger partial charge on any atom is 0.310 e. The van der Waals surface area contributed by atoms with Crippen molar-refractivity contribution < 1.29 is 28.5 Å². The molecule has 0 unspecified atom stereocenters. The molecule has 4 aliphatic rings. The van der Waals surface area contributed by atoms with Gasteiger partial charge in [-0.2, -0.15) is 0 Å². The summed E-state index contributed by atoms with van der Waals surface area (Å²) in [5.41, 5.74) is 6.01. The summed E-state index contributed by atoms with van der Waals surface area (Å²) in [7, 11) is 1.58. The molecule has 11 nitrogen and oxygen atoms in total. The molecule has 2 aromatic carbocycles. The first-order chi connectivity index (χ1) is 26.5. The van der Waals surface area contributed by atoms with Crippen LogP contribution in [0.4, 0.5) is 20.3 Å². The van der Waals surface area contributed by atoms with Gasteiger partial charge in [0.25, 0.3) is 6.43 Å². The van der Waals surface area contributed by atoms with Crippen LogP contribution in [0.5, 0.6) is 5.88 Å². The molecule has 9 rings (SSSR count). The van der Waals surface area contributed by atoms with Gasteiger partial charge < -0.3 is 20.3 Å². The second-order valence-electron chi connectivity index (χ2n) is 15.0. The Morgan fingerprint density at radius 2 is 1.80 bits per heavy atom. The fourth-order valence-electron chi connectivity index (χ4n) is 8.49. The average molecular weight is 770 g/mol. The number of carboxylic acid groups (broad SMARTS) is 1. The molecule has 1 aliphatic carbocycles. The number of carbonyl (C=O) groups is 1. The van der Waals surface area contributed by atoms with Crippen LogP contribution in [-0.2, 0) is 17.9 Å². The summed E-state index contributed by atoms with van der Waals surface area (Å²) in [6.45, 7) is 4.80. The lowest BCUT2D eigenvalue weighted by molar-refractivity contribution is -0.159. The van der Waals surface area contributed by atoms with Gasteiger partial charge in [-0.05, 0) is 73.9 Å². The number of aliphatic hydroxyl groups excluding tert-OH is 1. The molecule has 286 valence electrons. The molecule has 6 heterocycles. The number of piperidine rings is 2. The van der Waals surface area contributed by atoms with Crippen molar-refractivity contribution in [1.82, 2.24) is 29.7 Å². The van der Waals surface area contributed by atoms with E-state index in [2.05, 4.69) is 30.1 Å². The van der Waals surface area contributed by atoms with Crippen LogP contribution in [0.3, 0.4) is 0 Å². The highest BCUT2D eigenvalue weighted by Gasteiger charge is 2.49. The van der Waals surface area contributed by atoms with Gasteiger partial charge in [0.2, 0.25) is 5.88 Å². The van der Waals surface area contributed by atoms with Gasteiger partial charge in [-0.15, -0.1) is 0 Å². The first-order valence-electron chi connectivity index (χ1n) is 18.5. The van der Waals surface area contributed by atoms with Crippen LogP contribution in [0.25, 0.3) is 33.4 Å². The standard InChI is InChI=1S/C41H42ClF2N7O4/c1-23-28(5-4-8-31(23)46-37-35-33(47-38(49-37)36(43)44)17-24(18-45-35)19-50-16-13-27(52)21-50)29-6-3-7-30(34(29)42)32-10-9-25(39(48-32)55-2)20-51-22-41(40(53)54)14-11-26(51)12-15-41/h3-10,17-18,26-27,36,52H,11-16,19-22H2,1-2H3,(H,53,54)(H,46,47,49)/t26?,27-,41?/m1/s1. The van der Waals surface area contributed by atoms with Crippen LogP contribution >= 0.6 is 11.6 Å². The summed E-state index contributed by atoms with van der Waals surface area (Å²) in [5, 5.41) is 23.7. The Morgan fingerprint density at radius 1 is 1.04 bits per heavy atom. The van der Waals surface area contributed by atoms with E-state index in [1.165, 1.54) is 0 Å². The third kappa shape index (κ3) is 7.21. The SMILES string of the molecule is COc1nc(-c2cccc(-c3cccc(Nc4nc(C(F)F)nc5cc(CN6CC[C@@H](O)C6)cnc45)c3C)c2Cl)ccc1CN1CC2(C(=O)O)CCC1CC2. The fourth-order valence-corrected chi connectivity index (χ4v) is 8.81. The molecule has 3 aliphatic heterocycles. The van der Waals surface area contributed by atoms with E-state index < -0.39 is 23.6 Å². The van der Waals surface area contributed by atoms with Crippen LogP contribution in [-0.4, -0.2) is 84.8 Å². The third-order valence-electron chi connectivity index (χ3n) is 11.5. The first kappa shape index (κ1) is 37.1. The quantitative estimate of drug-likeness (QED) is 0.121. The minimum Gasteiger partial charge on any atom is -0.481 e. The van der Waals surface area contributed by atoms with E-state index in [9.17, 15) is 23.8 Å². The number of alkyl halides is 2. The molecule has 2 bridgehead atoms. The van der Waals surface area contributed by atoms with Gasteiger partial charge in [-0.3, -0.25) is 19.6 Å². The van der Waals surface area contributed by atoms with Gasteiger partial charge >= 0.3 is 5.97 Å². The Labute approximate surface area is 322 Å². The van der Waals surface area contributed by atoms with Crippen molar-refractivity contribution in [3.05, 3.63) is 88.3 Å². The molecule has 4 fully saturated rings. The van der Waals surface area contributed by atoms with Gasteiger partial charge in [0.05, 0.1) is 34.9 Å². The maximum atomic E-state index is 14.1. The largest absolute Gasteiger partial charge is 0.481 e. The molecule has 3 N–H and O–H groups in total. The van der Waals surface area contributed by atoms with Gasteiger partial charge in [-0.25, -0.2) is 23.7 Å². The number of benzene rings is 2. The number of β-amino-alcohol motifs (C(OH)–C–C–N with tert-alkyl or cyclic N) is 1. The number of likely N-dealkylation sites (tertiary alicyclic amines) is 1. The Morgan fingerprint density at radius 3 is 2.53 bits per heavy atom. The van der Waals surface area contributed by atoms with Gasteiger partial charge in [-0.1, -0.05) is 48.0 Å². The second-order valence-corrected chi connectivity index (χ2v) is 15.4. The number of hydrogen-bond acceptors (Lipinski definition) is 10. The molecule has 1 atom stereocenters. The van der Waals surface area contributed by atoms with Crippen LogP contribution in [0.1, 0.15) is 61.0 Å². The lowest BCUT2D eigenvalue weighted by Gasteiger charge is -2.50. The number of aliphatic carboxylic acids is 1. The minimum absolute atomic E-state index is 0.162. The lowest BCUT2D eigenvalue weighted by atomic mass is 9.67. The van der Waals surface area contributed by atoms with Crippen molar-refractivity contribution in [2.75, 3.05) is 32.1 Å². The van der Waals surface area contributed by atoms with Gasteiger partial charge in [0.1, 0.15) is 5.52 Å². The first-order valence-corrected chi connectivity index (χ1v) is 18.9. The molecule has 0 spiro atoms. The maximum absolute atomic E-state index is 14.1. The van der Waals surface area contributed by atoms with Crippen molar-refractivity contribution in [2.24, 2.45) is 5.41 Å². The Hall–Kier alpha value is -4.82. The highest BCUT2D eigenvalue weighted by atomic mass is 35.5. The molecule has 3 aromatic heterocycles. The molecule has 3 saturated heterocycles. The lowest BCUT2D eigenvalue weighted by Crippen LogP contribution is -2.56. The molecule has 14 heteroatoms. The van der Waals surface area contributed by atoms with E-state index in [0.29, 0.717) is 90.4 Å². The predicted octanol–water partition coefficient (Wildman–Crippen LogP) is 7.80. The average Bonchev–Trinajstić information content (AvgIpc) is 3.60. The highest BCUT2D eigenvalue weighted by molar-refractivity contribution is 6.36. The zero-order valence-corrected chi connectivity index (χ0v) is 31.4. The van der Waals surface area contributed by atoms with Crippen molar-refractivity contribution >= 4 is 40.1 Å². The van der Waals surface area contributed by atoms with E-state index in [0.717, 1.165) is 47.2 Å². The summed E-state index contributed by atoms with van der Waals surface area (Å²) in [6.07, 6.45) is 2.30. The Kier molecular flexibility index (Phi) is 10.1. The number of rotatable bonds is 11. The van der Waals surface area contributed by atoms with E-state index in [1.807, 2.05) is 55.5 Å². The number of pyridine rings is 2. The number of nitrogens with one attached hydrogen (secondary N) is 1. The number of methoxy groups -OCH3 is 1. The Bertz CT molecular complexity index is 2270. The second kappa shape index (κ2) is 15.0. The van der Waals surface area contributed by atoms with Gasteiger partial charge in [0.15, 0.2) is 11.6 Å². The molecular weight excluding hydrogens is 728 g/mol. The summed E-state index contributed by atoms with van der Waals surface area (Å²) < 4.78 is 33.9. The smallest absolute Gasteiger partial charge is 0.310 e. The third-order valence-corrected chi connectivity index (χ3v) is 11.9.